The molecule has 0 radical (unpaired) electrons. The van der Waals surface area contributed by atoms with Crippen molar-refractivity contribution < 1.29 is 4.74 Å². The summed E-state index contributed by atoms with van der Waals surface area (Å²) in [5, 5.41) is 4.65. The first-order valence-corrected chi connectivity index (χ1v) is 7.66. The Morgan fingerprint density at radius 1 is 1.14 bits per heavy atom. The van der Waals surface area contributed by atoms with Gasteiger partial charge in [-0.25, -0.2) is 0 Å². The number of hydrogen-bond acceptors (Lipinski definition) is 2. The number of nitrogens with one attached hydrogen (secondary N) is 1. The number of aryl methyl sites for hydroxylation is 1. The van der Waals surface area contributed by atoms with E-state index >= 15 is 0 Å². The van der Waals surface area contributed by atoms with Gasteiger partial charge < -0.3 is 10.1 Å². The third-order valence-electron chi connectivity index (χ3n) is 3.49. The van der Waals surface area contributed by atoms with Crippen molar-refractivity contribution in [1.29, 1.82) is 0 Å². The van der Waals surface area contributed by atoms with Crippen molar-refractivity contribution in [2.24, 2.45) is 0 Å². The number of rotatable bonds is 5. The van der Waals surface area contributed by atoms with Gasteiger partial charge in [-0.1, -0.05) is 48.3 Å². The molecule has 0 bridgehead atoms. The fourth-order valence-corrected chi connectivity index (χ4v) is 2.85. The van der Waals surface area contributed by atoms with E-state index in [1.807, 2.05) is 24.3 Å². The lowest BCUT2D eigenvalue weighted by Gasteiger charge is -2.22. The predicted molar refractivity (Wildman–Crippen MR) is 89.7 cm³/mol. The number of halogens is 2. The van der Waals surface area contributed by atoms with Gasteiger partial charge in [0, 0.05) is 0 Å². The van der Waals surface area contributed by atoms with Gasteiger partial charge in [-0.2, -0.15) is 0 Å². The Morgan fingerprint density at radius 2 is 1.90 bits per heavy atom. The summed E-state index contributed by atoms with van der Waals surface area (Å²) < 4.78 is 5.27. The van der Waals surface area contributed by atoms with E-state index in [0.717, 1.165) is 23.4 Å². The van der Waals surface area contributed by atoms with Crippen LogP contribution in [0.25, 0.3) is 0 Å². The molecule has 0 saturated heterocycles. The van der Waals surface area contributed by atoms with Crippen molar-refractivity contribution in [3.63, 3.8) is 0 Å². The lowest BCUT2D eigenvalue weighted by Crippen LogP contribution is -2.23. The van der Waals surface area contributed by atoms with Crippen molar-refractivity contribution in [1.82, 2.24) is 5.32 Å². The highest BCUT2D eigenvalue weighted by Gasteiger charge is 2.19. The SMILES string of the molecule is CCNC(c1ccc(OC)cc1C)c1cccc(Cl)c1Cl. The number of hydrogen-bond donors (Lipinski definition) is 1. The highest BCUT2D eigenvalue weighted by Crippen LogP contribution is 2.35. The molecule has 0 aromatic heterocycles. The van der Waals surface area contributed by atoms with Crippen LogP contribution < -0.4 is 10.1 Å². The molecule has 1 N–H and O–H groups in total. The quantitative estimate of drug-likeness (QED) is 0.835. The molecule has 0 amide bonds. The van der Waals surface area contributed by atoms with Gasteiger partial charge in [0.2, 0.25) is 0 Å². The summed E-state index contributed by atoms with van der Waals surface area (Å²) >= 11 is 12.5. The molecule has 0 fully saturated rings. The van der Waals surface area contributed by atoms with E-state index < -0.39 is 0 Å². The zero-order chi connectivity index (χ0) is 15.4. The van der Waals surface area contributed by atoms with Crippen LogP contribution in [0.4, 0.5) is 0 Å². The van der Waals surface area contributed by atoms with E-state index in [2.05, 4.69) is 25.2 Å². The van der Waals surface area contributed by atoms with Gasteiger partial charge in [0.15, 0.2) is 0 Å². The molecule has 2 aromatic rings. The standard InChI is InChI=1S/C17H19Cl2NO/c1-4-20-17(14-6-5-7-15(18)16(14)19)13-9-8-12(21-3)10-11(13)2/h5-10,17,20H,4H2,1-3H3. The van der Waals surface area contributed by atoms with Crippen LogP contribution in [0, 0.1) is 6.92 Å². The Kier molecular flexibility index (Phi) is 5.51. The Balaban J connectivity index is 2.51. The molecule has 21 heavy (non-hydrogen) atoms. The Labute approximate surface area is 136 Å². The summed E-state index contributed by atoms with van der Waals surface area (Å²) in [6, 6.07) is 11.8. The maximum atomic E-state index is 6.39. The van der Waals surface area contributed by atoms with Gasteiger partial charge in [-0.05, 0) is 48.4 Å². The Hall–Kier alpha value is -1.22. The smallest absolute Gasteiger partial charge is 0.119 e. The highest BCUT2D eigenvalue weighted by molar-refractivity contribution is 6.42. The molecule has 2 aromatic carbocycles. The summed E-state index contributed by atoms with van der Waals surface area (Å²) in [6.07, 6.45) is 0. The molecule has 4 heteroatoms. The summed E-state index contributed by atoms with van der Waals surface area (Å²) in [7, 11) is 1.67. The molecule has 112 valence electrons. The average molecular weight is 324 g/mol. The number of methoxy groups -OCH3 is 1. The molecule has 0 saturated carbocycles. The second-order valence-corrected chi connectivity index (χ2v) is 5.64. The van der Waals surface area contributed by atoms with Crippen LogP contribution in [0.15, 0.2) is 36.4 Å². The van der Waals surface area contributed by atoms with E-state index in [9.17, 15) is 0 Å². The first-order valence-electron chi connectivity index (χ1n) is 6.90. The van der Waals surface area contributed by atoms with E-state index in [4.69, 9.17) is 27.9 Å². The van der Waals surface area contributed by atoms with Gasteiger partial charge >= 0.3 is 0 Å². The molecule has 0 spiro atoms. The van der Waals surface area contributed by atoms with Gasteiger partial charge in [-0.15, -0.1) is 0 Å². The molecule has 1 atom stereocenters. The lowest BCUT2D eigenvalue weighted by molar-refractivity contribution is 0.414. The van der Waals surface area contributed by atoms with Crippen molar-refractivity contribution in [2.45, 2.75) is 19.9 Å². The molecule has 2 nitrogen and oxygen atoms in total. The van der Waals surface area contributed by atoms with Crippen LogP contribution in [0.2, 0.25) is 10.0 Å². The van der Waals surface area contributed by atoms with Crippen LogP contribution in [0.5, 0.6) is 5.75 Å². The van der Waals surface area contributed by atoms with Crippen LogP contribution >= 0.6 is 23.2 Å². The number of benzene rings is 2. The van der Waals surface area contributed by atoms with Crippen LogP contribution in [0.1, 0.15) is 29.7 Å². The van der Waals surface area contributed by atoms with Gasteiger partial charge in [0.05, 0.1) is 23.2 Å². The highest BCUT2D eigenvalue weighted by atomic mass is 35.5. The zero-order valence-corrected chi connectivity index (χ0v) is 13.9. The monoisotopic (exact) mass is 323 g/mol. The minimum Gasteiger partial charge on any atom is -0.497 e. The first kappa shape index (κ1) is 16.2. The average Bonchev–Trinajstić information content (AvgIpc) is 2.48. The van der Waals surface area contributed by atoms with Crippen LogP contribution in [-0.2, 0) is 0 Å². The zero-order valence-electron chi connectivity index (χ0n) is 12.4. The summed E-state index contributed by atoms with van der Waals surface area (Å²) in [4.78, 5) is 0. The van der Waals surface area contributed by atoms with E-state index in [1.165, 1.54) is 5.56 Å². The lowest BCUT2D eigenvalue weighted by atomic mass is 9.94. The van der Waals surface area contributed by atoms with Crippen molar-refractivity contribution in [3.05, 3.63) is 63.1 Å². The molecule has 2 rings (SSSR count). The molecule has 0 heterocycles. The maximum absolute atomic E-state index is 6.39. The van der Waals surface area contributed by atoms with Crippen LogP contribution in [-0.4, -0.2) is 13.7 Å². The topological polar surface area (TPSA) is 21.3 Å². The normalized spacial score (nSPS) is 12.2. The Bertz CT molecular complexity index is 628. The van der Waals surface area contributed by atoms with Crippen molar-refractivity contribution in [2.75, 3.05) is 13.7 Å². The minimum atomic E-state index is 0.00658. The predicted octanol–water partition coefficient (Wildman–Crippen LogP) is 5.01. The summed E-state index contributed by atoms with van der Waals surface area (Å²) in [5.74, 6) is 0.851. The van der Waals surface area contributed by atoms with Gasteiger partial charge in [0.1, 0.15) is 5.75 Å². The first-order chi connectivity index (χ1) is 10.1. The molecule has 0 aliphatic rings. The third kappa shape index (κ3) is 3.52. The summed E-state index contributed by atoms with van der Waals surface area (Å²) in [5.41, 5.74) is 3.30. The number of ether oxygens (including phenoxy) is 1. The van der Waals surface area contributed by atoms with Gasteiger partial charge in [0.25, 0.3) is 0 Å². The van der Waals surface area contributed by atoms with E-state index in [1.54, 1.807) is 13.2 Å². The van der Waals surface area contributed by atoms with Crippen molar-refractivity contribution >= 4 is 23.2 Å². The summed E-state index contributed by atoms with van der Waals surface area (Å²) in [6.45, 7) is 4.98. The molecular formula is C17H19Cl2NO. The minimum absolute atomic E-state index is 0.00658. The van der Waals surface area contributed by atoms with E-state index in [-0.39, 0.29) is 6.04 Å². The fourth-order valence-electron chi connectivity index (χ4n) is 2.43. The maximum Gasteiger partial charge on any atom is 0.119 e. The Morgan fingerprint density at radius 3 is 2.52 bits per heavy atom. The molecule has 0 aliphatic heterocycles. The molecular weight excluding hydrogens is 305 g/mol. The second-order valence-electron chi connectivity index (χ2n) is 4.86. The van der Waals surface area contributed by atoms with E-state index in [0.29, 0.717) is 10.0 Å². The fraction of sp³-hybridized carbons (Fsp3) is 0.294. The van der Waals surface area contributed by atoms with Gasteiger partial charge in [-0.3, -0.25) is 0 Å². The van der Waals surface area contributed by atoms with Crippen molar-refractivity contribution in [3.8, 4) is 5.75 Å². The molecule has 0 aliphatic carbocycles. The largest absolute Gasteiger partial charge is 0.497 e. The second kappa shape index (κ2) is 7.17. The molecule has 1 unspecified atom stereocenters. The third-order valence-corrected chi connectivity index (χ3v) is 4.32. The van der Waals surface area contributed by atoms with Crippen LogP contribution in [0.3, 0.4) is 0 Å².